The molecule has 1 aliphatic rings. The average Bonchev–Trinajstić information content (AvgIpc) is 2.99. The summed E-state index contributed by atoms with van der Waals surface area (Å²) in [6.07, 6.45) is 3.69. The van der Waals surface area contributed by atoms with Crippen LogP contribution < -0.4 is 5.32 Å². The lowest BCUT2D eigenvalue weighted by Gasteiger charge is -2.16. The second kappa shape index (κ2) is 7.72. The maximum Gasteiger partial charge on any atom is 0.222 e. The zero-order chi connectivity index (χ0) is 16.1. The Morgan fingerprint density at radius 1 is 1.32 bits per heavy atom. The number of aromatic nitrogens is 3. The molecule has 22 heavy (non-hydrogen) atoms. The van der Waals surface area contributed by atoms with Crippen molar-refractivity contribution in [3.63, 3.8) is 0 Å². The summed E-state index contributed by atoms with van der Waals surface area (Å²) >= 11 is 0. The van der Waals surface area contributed by atoms with E-state index in [-0.39, 0.29) is 18.1 Å². The van der Waals surface area contributed by atoms with Crippen molar-refractivity contribution in [1.29, 1.82) is 0 Å². The van der Waals surface area contributed by atoms with Gasteiger partial charge in [0.05, 0.1) is 18.8 Å². The standard InChI is InChI=1S/C16H28N4O2/c1-11(2)10-12(3)22-9-7-15(21)17-13(4)16-19-18-14-6-5-8-20(14)16/h11-13H,5-10H2,1-4H3,(H,17,21)/t12-,13+/m0/s1. The summed E-state index contributed by atoms with van der Waals surface area (Å²) in [5.74, 6) is 2.50. The number of hydrogen-bond acceptors (Lipinski definition) is 4. The SMILES string of the molecule is CC(C)C[C@H](C)OCCC(=O)N[C@H](C)c1nnc2n1CCC2. The van der Waals surface area contributed by atoms with Crippen LogP contribution in [-0.4, -0.2) is 33.4 Å². The minimum absolute atomic E-state index is 0.000376. The van der Waals surface area contributed by atoms with E-state index in [1.165, 1.54) is 0 Å². The van der Waals surface area contributed by atoms with Gasteiger partial charge in [0.25, 0.3) is 0 Å². The third-order valence-corrected chi connectivity index (χ3v) is 3.94. The van der Waals surface area contributed by atoms with Crippen molar-refractivity contribution < 1.29 is 9.53 Å². The highest BCUT2D eigenvalue weighted by atomic mass is 16.5. The van der Waals surface area contributed by atoms with Gasteiger partial charge in [0, 0.05) is 19.4 Å². The van der Waals surface area contributed by atoms with Gasteiger partial charge in [0.1, 0.15) is 5.82 Å². The number of nitrogens with zero attached hydrogens (tertiary/aromatic N) is 3. The summed E-state index contributed by atoms with van der Waals surface area (Å²) < 4.78 is 7.79. The van der Waals surface area contributed by atoms with Gasteiger partial charge in [0.2, 0.25) is 5.91 Å². The predicted octanol–water partition coefficient (Wildman–Crippen LogP) is 2.24. The molecule has 124 valence electrons. The molecule has 2 atom stereocenters. The molecular weight excluding hydrogens is 280 g/mol. The van der Waals surface area contributed by atoms with Crippen molar-refractivity contribution in [2.75, 3.05) is 6.61 Å². The summed E-state index contributed by atoms with van der Waals surface area (Å²) in [6, 6.07) is -0.111. The number of rotatable bonds is 8. The summed E-state index contributed by atoms with van der Waals surface area (Å²) in [5.41, 5.74) is 0. The minimum Gasteiger partial charge on any atom is -0.378 e. The molecule has 2 heterocycles. The van der Waals surface area contributed by atoms with E-state index in [2.05, 4.69) is 40.9 Å². The number of ether oxygens (including phenoxy) is 1. The molecule has 0 saturated carbocycles. The number of hydrogen-bond donors (Lipinski definition) is 1. The van der Waals surface area contributed by atoms with Gasteiger partial charge in [-0.3, -0.25) is 4.79 Å². The monoisotopic (exact) mass is 308 g/mol. The Labute approximate surface area is 132 Å². The maximum absolute atomic E-state index is 12.0. The van der Waals surface area contributed by atoms with E-state index in [1.807, 2.05) is 6.92 Å². The lowest BCUT2D eigenvalue weighted by Crippen LogP contribution is -2.29. The average molecular weight is 308 g/mol. The fourth-order valence-electron chi connectivity index (χ4n) is 2.96. The quantitative estimate of drug-likeness (QED) is 0.799. The third-order valence-electron chi connectivity index (χ3n) is 3.94. The molecule has 0 aromatic carbocycles. The number of carbonyl (C=O) groups excluding carboxylic acids is 1. The van der Waals surface area contributed by atoms with Crippen LogP contribution in [0.25, 0.3) is 0 Å². The topological polar surface area (TPSA) is 69.0 Å². The number of nitrogens with one attached hydrogen (secondary N) is 1. The summed E-state index contributed by atoms with van der Waals surface area (Å²) in [4.78, 5) is 12.0. The Morgan fingerprint density at radius 2 is 2.09 bits per heavy atom. The Morgan fingerprint density at radius 3 is 2.82 bits per heavy atom. The lowest BCUT2D eigenvalue weighted by molar-refractivity contribution is -0.123. The number of amides is 1. The van der Waals surface area contributed by atoms with Gasteiger partial charge < -0.3 is 14.6 Å². The van der Waals surface area contributed by atoms with Gasteiger partial charge in [-0.2, -0.15) is 0 Å². The second-order valence-electron chi connectivity index (χ2n) is 6.58. The molecule has 0 bridgehead atoms. The molecule has 0 radical (unpaired) electrons. The van der Waals surface area contributed by atoms with E-state index < -0.39 is 0 Å². The smallest absolute Gasteiger partial charge is 0.222 e. The molecule has 0 unspecified atom stereocenters. The first kappa shape index (κ1) is 16.9. The molecule has 0 aliphatic carbocycles. The third kappa shape index (κ3) is 4.53. The lowest BCUT2D eigenvalue weighted by atomic mass is 10.1. The Bertz CT molecular complexity index is 498. The zero-order valence-electron chi connectivity index (χ0n) is 14.1. The molecule has 2 rings (SSSR count). The van der Waals surface area contributed by atoms with Crippen molar-refractivity contribution in [2.24, 2.45) is 5.92 Å². The van der Waals surface area contributed by atoms with Crippen molar-refractivity contribution >= 4 is 5.91 Å². The molecule has 0 fully saturated rings. The van der Waals surface area contributed by atoms with Crippen molar-refractivity contribution in [1.82, 2.24) is 20.1 Å². The maximum atomic E-state index is 12.0. The summed E-state index contributed by atoms with van der Waals surface area (Å²) in [6.45, 7) is 9.77. The molecule has 1 aromatic rings. The van der Waals surface area contributed by atoms with Gasteiger partial charge in [-0.05, 0) is 32.6 Å². The molecule has 0 saturated heterocycles. The van der Waals surface area contributed by atoms with E-state index in [4.69, 9.17) is 4.74 Å². The minimum atomic E-state index is -0.111. The molecule has 1 aliphatic heterocycles. The van der Waals surface area contributed by atoms with E-state index >= 15 is 0 Å². The Kier molecular flexibility index (Phi) is 5.94. The normalized spacial score (nSPS) is 16.6. The van der Waals surface area contributed by atoms with E-state index in [0.29, 0.717) is 18.9 Å². The van der Waals surface area contributed by atoms with Crippen molar-refractivity contribution in [2.45, 2.75) is 72.1 Å². The number of carbonyl (C=O) groups is 1. The van der Waals surface area contributed by atoms with Crippen LogP contribution in [0.5, 0.6) is 0 Å². The number of aryl methyl sites for hydroxylation is 1. The first-order valence-electron chi connectivity index (χ1n) is 8.30. The Hall–Kier alpha value is -1.43. The van der Waals surface area contributed by atoms with Crippen molar-refractivity contribution in [3.05, 3.63) is 11.6 Å². The van der Waals surface area contributed by atoms with Crippen LogP contribution in [0.4, 0.5) is 0 Å². The fourth-order valence-corrected chi connectivity index (χ4v) is 2.96. The van der Waals surface area contributed by atoms with Gasteiger partial charge >= 0.3 is 0 Å². The number of fused-ring (bicyclic) bond motifs is 1. The highest BCUT2D eigenvalue weighted by molar-refractivity contribution is 5.76. The van der Waals surface area contributed by atoms with Gasteiger partial charge in [0.15, 0.2) is 5.82 Å². The zero-order valence-corrected chi connectivity index (χ0v) is 14.1. The van der Waals surface area contributed by atoms with Crippen LogP contribution in [0.15, 0.2) is 0 Å². The van der Waals surface area contributed by atoms with E-state index in [1.54, 1.807) is 0 Å². The van der Waals surface area contributed by atoms with Crippen LogP contribution in [0.2, 0.25) is 0 Å². The largest absolute Gasteiger partial charge is 0.378 e. The first-order valence-corrected chi connectivity index (χ1v) is 8.30. The second-order valence-corrected chi connectivity index (χ2v) is 6.58. The molecule has 1 N–H and O–H groups in total. The fraction of sp³-hybridized carbons (Fsp3) is 0.812. The molecule has 1 amide bonds. The summed E-state index contributed by atoms with van der Waals surface area (Å²) in [5, 5.41) is 11.4. The first-order chi connectivity index (χ1) is 10.5. The molecule has 6 nitrogen and oxygen atoms in total. The van der Waals surface area contributed by atoms with Crippen LogP contribution in [0, 0.1) is 5.92 Å². The Balaban J connectivity index is 1.72. The van der Waals surface area contributed by atoms with Crippen LogP contribution >= 0.6 is 0 Å². The van der Waals surface area contributed by atoms with Gasteiger partial charge in [-0.25, -0.2) is 0 Å². The van der Waals surface area contributed by atoms with Gasteiger partial charge in [-0.15, -0.1) is 10.2 Å². The van der Waals surface area contributed by atoms with Crippen LogP contribution in [0.1, 0.15) is 64.6 Å². The molecule has 1 aromatic heterocycles. The summed E-state index contributed by atoms with van der Waals surface area (Å²) in [7, 11) is 0. The highest BCUT2D eigenvalue weighted by Gasteiger charge is 2.22. The van der Waals surface area contributed by atoms with E-state index in [9.17, 15) is 4.79 Å². The van der Waals surface area contributed by atoms with Crippen molar-refractivity contribution in [3.8, 4) is 0 Å². The molecule has 6 heteroatoms. The van der Waals surface area contributed by atoms with E-state index in [0.717, 1.165) is 37.5 Å². The van der Waals surface area contributed by atoms with Crippen LogP contribution in [0.3, 0.4) is 0 Å². The molecule has 0 spiro atoms. The highest BCUT2D eigenvalue weighted by Crippen LogP contribution is 2.18. The van der Waals surface area contributed by atoms with Crippen LogP contribution in [-0.2, 0) is 22.5 Å². The molecular formula is C16H28N4O2. The predicted molar refractivity (Wildman–Crippen MR) is 84.4 cm³/mol. The van der Waals surface area contributed by atoms with Gasteiger partial charge in [-0.1, -0.05) is 13.8 Å².